The number of pyridine rings is 1. The lowest BCUT2D eigenvalue weighted by Gasteiger charge is -2.25. The summed E-state index contributed by atoms with van der Waals surface area (Å²) in [5.41, 5.74) is 0. The molecule has 0 unspecified atom stereocenters. The molecule has 0 aromatic carbocycles. The molecule has 1 N–H and O–H groups in total. The first-order valence-corrected chi connectivity index (χ1v) is 8.33. The van der Waals surface area contributed by atoms with Gasteiger partial charge in [-0.15, -0.1) is 0 Å². The van der Waals surface area contributed by atoms with E-state index in [-0.39, 0.29) is 0 Å². The molecule has 1 aromatic rings. The smallest absolute Gasteiger partial charge is 0.244 e. The molecule has 1 aromatic heterocycles. The van der Waals surface area contributed by atoms with E-state index in [4.69, 9.17) is 0 Å². The van der Waals surface area contributed by atoms with Crippen LogP contribution in [0.15, 0.2) is 23.2 Å². The summed E-state index contributed by atoms with van der Waals surface area (Å²) in [7, 11) is -3.35. The summed E-state index contributed by atoms with van der Waals surface area (Å²) in [6, 6.07) is 3.94. The van der Waals surface area contributed by atoms with Crippen LogP contribution in [0, 0.1) is 0 Å². The number of piperidine rings is 1. The first kappa shape index (κ1) is 12.9. The van der Waals surface area contributed by atoms with Crippen LogP contribution in [0.25, 0.3) is 0 Å². The number of hydrogen-bond donors (Lipinski definition) is 1. The van der Waals surface area contributed by atoms with Gasteiger partial charge in [-0.1, -0.05) is 6.42 Å². The summed E-state index contributed by atoms with van der Waals surface area (Å²) in [4.78, 5) is 4.50. The third-order valence-corrected chi connectivity index (χ3v) is 5.50. The fraction of sp³-hybridized carbons (Fsp3) is 0.615. The largest absolute Gasteiger partial charge is 0.367 e. The number of aromatic nitrogens is 1. The van der Waals surface area contributed by atoms with Crippen molar-refractivity contribution in [2.24, 2.45) is 0 Å². The van der Waals surface area contributed by atoms with Gasteiger partial charge in [0.05, 0.1) is 0 Å². The monoisotopic (exact) mass is 281 g/mol. The van der Waals surface area contributed by atoms with E-state index < -0.39 is 10.0 Å². The highest BCUT2D eigenvalue weighted by atomic mass is 32.2. The molecule has 19 heavy (non-hydrogen) atoms. The van der Waals surface area contributed by atoms with Crippen LogP contribution in [-0.2, 0) is 10.0 Å². The third kappa shape index (κ3) is 2.90. The van der Waals surface area contributed by atoms with Crippen LogP contribution in [0.5, 0.6) is 0 Å². The van der Waals surface area contributed by atoms with Gasteiger partial charge in [0.25, 0.3) is 0 Å². The van der Waals surface area contributed by atoms with E-state index in [9.17, 15) is 8.42 Å². The highest BCUT2D eigenvalue weighted by molar-refractivity contribution is 7.89. The molecule has 0 atom stereocenters. The van der Waals surface area contributed by atoms with Gasteiger partial charge in [0.15, 0.2) is 0 Å². The second-order valence-corrected chi connectivity index (χ2v) is 7.20. The minimum Gasteiger partial charge on any atom is -0.367 e. The standard InChI is InChI=1S/C13H19N3O2S/c17-19(18,16-8-2-1-3-9-16)12-6-7-13(14-10-12)15-11-4-5-11/h6-7,10-11H,1-5,8-9H2,(H,14,15). The lowest BCUT2D eigenvalue weighted by Crippen LogP contribution is -2.35. The Hall–Kier alpha value is -1.14. The van der Waals surface area contributed by atoms with Crippen molar-refractivity contribution >= 4 is 15.8 Å². The van der Waals surface area contributed by atoms with Crippen molar-refractivity contribution in [1.29, 1.82) is 0 Å². The Labute approximate surface area is 114 Å². The maximum absolute atomic E-state index is 12.4. The Morgan fingerprint density at radius 2 is 1.89 bits per heavy atom. The van der Waals surface area contributed by atoms with E-state index in [1.165, 1.54) is 19.0 Å². The van der Waals surface area contributed by atoms with Gasteiger partial charge < -0.3 is 5.32 Å². The molecule has 6 heteroatoms. The molecule has 1 aliphatic carbocycles. The van der Waals surface area contributed by atoms with Crippen LogP contribution in [-0.4, -0.2) is 36.8 Å². The second-order valence-electron chi connectivity index (χ2n) is 5.26. The fourth-order valence-electron chi connectivity index (χ4n) is 2.31. The maximum Gasteiger partial charge on any atom is 0.244 e. The second kappa shape index (κ2) is 5.09. The van der Waals surface area contributed by atoms with E-state index in [0.29, 0.717) is 24.0 Å². The molecule has 5 nitrogen and oxygen atoms in total. The molecule has 2 fully saturated rings. The van der Waals surface area contributed by atoms with E-state index in [1.54, 1.807) is 16.4 Å². The Kier molecular flexibility index (Phi) is 3.45. The normalized spacial score (nSPS) is 21.3. The zero-order valence-corrected chi connectivity index (χ0v) is 11.7. The molecular weight excluding hydrogens is 262 g/mol. The fourth-order valence-corrected chi connectivity index (χ4v) is 3.77. The van der Waals surface area contributed by atoms with Crippen molar-refractivity contribution in [2.75, 3.05) is 18.4 Å². The highest BCUT2D eigenvalue weighted by Crippen LogP contribution is 2.25. The van der Waals surface area contributed by atoms with Crippen LogP contribution in [0.1, 0.15) is 32.1 Å². The minimum atomic E-state index is -3.35. The molecule has 0 bridgehead atoms. The number of hydrogen-bond acceptors (Lipinski definition) is 4. The van der Waals surface area contributed by atoms with Crippen LogP contribution >= 0.6 is 0 Å². The molecule has 1 aliphatic heterocycles. The van der Waals surface area contributed by atoms with Crippen molar-refractivity contribution in [2.45, 2.75) is 43.0 Å². The Bertz CT molecular complexity index is 532. The maximum atomic E-state index is 12.4. The summed E-state index contributed by atoms with van der Waals surface area (Å²) < 4.78 is 26.4. The molecule has 0 amide bonds. The predicted molar refractivity (Wildman–Crippen MR) is 73.5 cm³/mol. The molecule has 104 valence electrons. The molecule has 1 saturated carbocycles. The molecule has 0 radical (unpaired) electrons. The van der Waals surface area contributed by atoms with Gasteiger partial charge in [0, 0.05) is 25.3 Å². The first-order valence-electron chi connectivity index (χ1n) is 6.89. The topological polar surface area (TPSA) is 62.3 Å². The number of rotatable bonds is 4. The van der Waals surface area contributed by atoms with Crippen LogP contribution < -0.4 is 5.32 Å². The Morgan fingerprint density at radius 3 is 2.47 bits per heavy atom. The van der Waals surface area contributed by atoms with Gasteiger partial charge in [0.1, 0.15) is 10.7 Å². The summed E-state index contributed by atoms with van der Waals surface area (Å²) in [5.74, 6) is 0.764. The average molecular weight is 281 g/mol. The van der Waals surface area contributed by atoms with Crippen molar-refractivity contribution in [3.05, 3.63) is 18.3 Å². The predicted octanol–water partition coefficient (Wildman–Crippen LogP) is 1.83. The molecule has 0 spiro atoms. The van der Waals surface area contributed by atoms with E-state index in [0.717, 1.165) is 25.1 Å². The molecule has 2 heterocycles. The Balaban J connectivity index is 1.75. The summed E-state index contributed by atoms with van der Waals surface area (Å²) >= 11 is 0. The van der Waals surface area contributed by atoms with Crippen LogP contribution in [0.3, 0.4) is 0 Å². The van der Waals surface area contributed by atoms with Gasteiger partial charge >= 0.3 is 0 Å². The number of nitrogens with one attached hydrogen (secondary N) is 1. The van der Waals surface area contributed by atoms with Crippen molar-refractivity contribution in [3.63, 3.8) is 0 Å². The lowest BCUT2D eigenvalue weighted by molar-refractivity contribution is 0.346. The molecule has 2 aliphatic rings. The lowest BCUT2D eigenvalue weighted by atomic mass is 10.2. The number of sulfonamides is 1. The average Bonchev–Trinajstić information content (AvgIpc) is 3.24. The third-order valence-electron chi connectivity index (χ3n) is 3.62. The Morgan fingerprint density at radius 1 is 1.16 bits per heavy atom. The molecule has 1 saturated heterocycles. The summed E-state index contributed by atoms with van der Waals surface area (Å²) in [6.45, 7) is 1.26. The van der Waals surface area contributed by atoms with Gasteiger partial charge in [0.2, 0.25) is 10.0 Å². The quantitative estimate of drug-likeness (QED) is 0.914. The van der Waals surface area contributed by atoms with E-state index in [2.05, 4.69) is 10.3 Å². The van der Waals surface area contributed by atoms with Gasteiger partial charge in [-0.25, -0.2) is 13.4 Å². The molecule has 3 rings (SSSR count). The zero-order valence-electron chi connectivity index (χ0n) is 10.9. The van der Waals surface area contributed by atoms with Crippen LogP contribution in [0.2, 0.25) is 0 Å². The summed E-state index contributed by atoms with van der Waals surface area (Å²) in [5, 5.41) is 3.25. The number of anilines is 1. The highest BCUT2D eigenvalue weighted by Gasteiger charge is 2.26. The van der Waals surface area contributed by atoms with Crippen LogP contribution in [0.4, 0.5) is 5.82 Å². The first-order chi connectivity index (χ1) is 9.16. The SMILES string of the molecule is O=S(=O)(c1ccc(NC2CC2)nc1)N1CCCCC1. The van der Waals surface area contributed by atoms with Crippen molar-refractivity contribution in [3.8, 4) is 0 Å². The van der Waals surface area contributed by atoms with Crippen molar-refractivity contribution < 1.29 is 8.42 Å². The van der Waals surface area contributed by atoms with Gasteiger partial charge in [-0.2, -0.15) is 4.31 Å². The van der Waals surface area contributed by atoms with E-state index in [1.807, 2.05) is 0 Å². The minimum absolute atomic E-state index is 0.302. The zero-order chi connectivity index (χ0) is 13.3. The van der Waals surface area contributed by atoms with Gasteiger partial charge in [-0.05, 0) is 37.8 Å². The summed E-state index contributed by atoms with van der Waals surface area (Å²) in [6.07, 6.45) is 6.84. The number of nitrogens with zero attached hydrogens (tertiary/aromatic N) is 2. The van der Waals surface area contributed by atoms with Crippen molar-refractivity contribution in [1.82, 2.24) is 9.29 Å². The van der Waals surface area contributed by atoms with Gasteiger partial charge in [-0.3, -0.25) is 0 Å². The van der Waals surface area contributed by atoms with E-state index >= 15 is 0 Å². The molecular formula is C13H19N3O2S.